The molecule has 1 amide bonds. The Hall–Kier alpha value is -3.49. The molecule has 0 heterocycles. The summed E-state index contributed by atoms with van der Waals surface area (Å²) in [6, 6.07) is 16.6. The number of carbonyl (C=O) groups excluding carboxylic acids is 1. The second kappa shape index (κ2) is 9.76. The van der Waals surface area contributed by atoms with Crippen molar-refractivity contribution in [1.29, 1.82) is 0 Å². The highest BCUT2D eigenvalue weighted by atomic mass is 35.5. The van der Waals surface area contributed by atoms with Gasteiger partial charge in [-0.05, 0) is 54.6 Å². The van der Waals surface area contributed by atoms with Crippen LogP contribution in [0.15, 0.2) is 84.3 Å². The number of halogens is 1. The van der Waals surface area contributed by atoms with Crippen LogP contribution in [0.3, 0.4) is 0 Å². The molecule has 32 heavy (non-hydrogen) atoms. The monoisotopic (exact) mass is 472 g/mol. The molecule has 0 spiro atoms. The lowest BCUT2D eigenvalue weighted by Gasteiger charge is -2.23. The number of hydrogen-bond acceptors (Lipinski definition) is 5. The summed E-state index contributed by atoms with van der Waals surface area (Å²) in [7, 11) is -2.54. The number of rotatable bonds is 8. The molecule has 0 fully saturated rings. The molecule has 2 N–H and O–H groups in total. The number of aromatic hydroxyl groups is 1. The van der Waals surface area contributed by atoms with E-state index in [0.29, 0.717) is 11.4 Å². The third-order valence-electron chi connectivity index (χ3n) is 4.58. The van der Waals surface area contributed by atoms with Crippen molar-refractivity contribution in [3.05, 3.63) is 90.0 Å². The van der Waals surface area contributed by atoms with Crippen molar-refractivity contribution in [1.82, 2.24) is 0 Å². The lowest BCUT2D eigenvalue weighted by Crippen LogP contribution is -2.31. The molecule has 0 atom stereocenters. The molecule has 0 radical (unpaired) electrons. The van der Waals surface area contributed by atoms with E-state index in [1.807, 2.05) is 0 Å². The quantitative estimate of drug-likeness (QED) is 0.366. The first-order chi connectivity index (χ1) is 15.3. The summed E-state index contributed by atoms with van der Waals surface area (Å²) in [6.45, 7) is 3.65. The van der Waals surface area contributed by atoms with Gasteiger partial charge in [0.05, 0.1) is 40.5 Å². The molecular weight excluding hydrogens is 452 g/mol. The van der Waals surface area contributed by atoms with E-state index in [4.69, 9.17) is 16.3 Å². The maximum Gasteiger partial charge on any atom is 0.264 e. The number of phenolic OH excluding ortho intramolecular Hbond substituents is 1. The van der Waals surface area contributed by atoms with Gasteiger partial charge in [0.25, 0.3) is 15.9 Å². The van der Waals surface area contributed by atoms with Crippen LogP contribution in [0.1, 0.15) is 10.4 Å². The van der Waals surface area contributed by atoms with Crippen LogP contribution in [0, 0.1) is 0 Å². The number of ether oxygens (including phenoxy) is 1. The molecule has 0 aliphatic heterocycles. The fourth-order valence-corrected chi connectivity index (χ4v) is 4.61. The number of amides is 1. The Bertz CT molecular complexity index is 1240. The number of carbonyl (C=O) groups is 1. The van der Waals surface area contributed by atoms with Crippen molar-refractivity contribution < 1.29 is 23.1 Å². The summed E-state index contributed by atoms with van der Waals surface area (Å²) in [5.41, 5.74) is 0.526. The second-order valence-corrected chi connectivity index (χ2v) is 8.91. The van der Waals surface area contributed by atoms with Gasteiger partial charge in [-0.3, -0.25) is 9.10 Å². The smallest absolute Gasteiger partial charge is 0.264 e. The Labute approximate surface area is 191 Å². The normalized spacial score (nSPS) is 10.9. The highest BCUT2D eigenvalue weighted by Crippen LogP contribution is 2.29. The first kappa shape index (κ1) is 23.2. The third kappa shape index (κ3) is 4.87. The topological polar surface area (TPSA) is 95.9 Å². The third-order valence-corrected chi connectivity index (χ3v) is 6.70. The lowest BCUT2D eigenvalue weighted by atomic mass is 10.2. The van der Waals surface area contributed by atoms with E-state index in [1.54, 1.807) is 36.4 Å². The SMILES string of the molecule is C=CCN(c1ccc(OC)cc1)S(=O)(=O)c1ccc(Cl)c(C(=O)Nc2ccccc2O)c1. The molecule has 3 rings (SSSR count). The number of sulfonamides is 1. The van der Waals surface area contributed by atoms with Crippen LogP contribution in [0.5, 0.6) is 11.5 Å². The maximum atomic E-state index is 13.4. The number of phenols is 1. The minimum absolute atomic E-state index is 0.0106. The molecule has 0 unspecified atom stereocenters. The van der Waals surface area contributed by atoms with Gasteiger partial charge in [-0.15, -0.1) is 6.58 Å². The zero-order valence-electron chi connectivity index (χ0n) is 17.2. The number of nitrogens with zero attached hydrogens (tertiary/aromatic N) is 1. The van der Waals surface area contributed by atoms with Crippen molar-refractivity contribution in [2.24, 2.45) is 0 Å². The first-order valence-corrected chi connectivity index (χ1v) is 11.3. The first-order valence-electron chi connectivity index (χ1n) is 9.44. The van der Waals surface area contributed by atoms with Crippen molar-refractivity contribution >= 4 is 38.9 Å². The lowest BCUT2D eigenvalue weighted by molar-refractivity contribution is 0.102. The molecule has 3 aromatic carbocycles. The molecule has 0 saturated carbocycles. The largest absolute Gasteiger partial charge is 0.506 e. The highest BCUT2D eigenvalue weighted by molar-refractivity contribution is 7.92. The Balaban J connectivity index is 1.98. The summed E-state index contributed by atoms with van der Waals surface area (Å²) in [5, 5.41) is 12.5. The van der Waals surface area contributed by atoms with Crippen LogP contribution < -0.4 is 14.4 Å². The highest BCUT2D eigenvalue weighted by Gasteiger charge is 2.26. The van der Waals surface area contributed by atoms with Crippen LogP contribution in [-0.4, -0.2) is 33.1 Å². The fourth-order valence-electron chi connectivity index (χ4n) is 2.94. The average Bonchev–Trinajstić information content (AvgIpc) is 2.79. The predicted octanol–water partition coefficient (Wildman–Crippen LogP) is 4.69. The summed E-state index contributed by atoms with van der Waals surface area (Å²) in [5.74, 6) is -0.204. The Morgan fingerprint density at radius 3 is 2.47 bits per heavy atom. The zero-order valence-corrected chi connectivity index (χ0v) is 18.7. The Morgan fingerprint density at radius 1 is 1.16 bits per heavy atom. The molecule has 0 aliphatic rings. The van der Waals surface area contributed by atoms with Crippen LogP contribution in [0.2, 0.25) is 5.02 Å². The Kier molecular flexibility index (Phi) is 7.07. The molecule has 0 saturated heterocycles. The van der Waals surface area contributed by atoms with E-state index >= 15 is 0 Å². The van der Waals surface area contributed by atoms with Crippen molar-refractivity contribution in [2.75, 3.05) is 23.3 Å². The summed E-state index contributed by atoms with van der Waals surface area (Å²) >= 11 is 6.18. The van der Waals surface area contributed by atoms with Gasteiger partial charge in [-0.25, -0.2) is 8.42 Å². The van der Waals surface area contributed by atoms with Crippen LogP contribution >= 0.6 is 11.6 Å². The predicted molar refractivity (Wildman–Crippen MR) is 125 cm³/mol. The minimum atomic E-state index is -4.06. The van der Waals surface area contributed by atoms with Crippen LogP contribution in [-0.2, 0) is 10.0 Å². The van der Waals surface area contributed by atoms with Gasteiger partial charge in [0.15, 0.2) is 0 Å². The van der Waals surface area contributed by atoms with Gasteiger partial charge in [-0.1, -0.05) is 29.8 Å². The van der Waals surface area contributed by atoms with E-state index in [-0.39, 0.29) is 33.5 Å². The van der Waals surface area contributed by atoms with E-state index in [9.17, 15) is 18.3 Å². The molecule has 0 aliphatic carbocycles. The molecule has 166 valence electrons. The molecule has 0 bridgehead atoms. The summed E-state index contributed by atoms with van der Waals surface area (Å²) < 4.78 is 33.1. The number of anilines is 2. The van der Waals surface area contributed by atoms with Crippen LogP contribution in [0.4, 0.5) is 11.4 Å². The second-order valence-electron chi connectivity index (χ2n) is 6.64. The summed E-state index contributed by atoms with van der Waals surface area (Å²) in [4.78, 5) is 12.6. The maximum absolute atomic E-state index is 13.4. The van der Waals surface area contributed by atoms with Crippen molar-refractivity contribution in [3.63, 3.8) is 0 Å². The number of benzene rings is 3. The molecule has 0 aromatic heterocycles. The van der Waals surface area contributed by atoms with Crippen molar-refractivity contribution in [2.45, 2.75) is 4.90 Å². The van der Waals surface area contributed by atoms with Gasteiger partial charge in [0, 0.05) is 0 Å². The summed E-state index contributed by atoms with van der Waals surface area (Å²) in [6.07, 6.45) is 1.46. The van der Waals surface area contributed by atoms with E-state index < -0.39 is 15.9 Å². The van der Waals surface area contributed by atoms with E-state index in [1.165, 1.54) is 43.5 Å². The average molecular weight is 473 g/mol. The van der Waals surface area contributed by atoms with E-state index in [0.717, 1.165) is 4.31 Å². The number of methoxy groups -OCH3 is 1. The standard InChI is InChI=1S/C23H21ClN2O5S/c1-3-14-26(16-8-10-17(31-2)11-9-16)32(29,30)18-12-13-20(24)19(15-18)23(28)25-21-6-4-5-7-22(21)27/h3-13,15,27H,1,14H2,2H3,(H,25,28). The number of hydrogen-bond donors (Lipinski definition) is 2. The number of nitrogens with one attached hydrogen (secondary N) is 1. The molecular formula is C23H21ClN2O5S. The zero-order chi connectivity index (χ0) is 23.3. The van der Waals surface area contributed by atoms with Crippen molar-refractivity contribution in [3.8, 4) is 11.5 Å². The molecule has 9 heteroatoms. The van der Waals surface area contributed by atoms with Gasteiger partial charge < -0.3 is 15.2 Å². The minimum Gasteiger partial charge on any atom is -0.506 e. The van der Waals surface area contributed by atoms with Gasteiger partial charge >= 0.3 is 0 Å². The molecule has 7 nitrogen and oxygen atoms in total. The van der Waals surface area contributed by atoms with Gasteiger partial charge in [-0.2, -0.15) is 0 Å². The fraction of sp³-hybridized carbons (Fsp3) is 0.0870. The van der Waals surface area contributed by atoms with Gasteiger partial charge in [0.1, 0.15) is 11.5 Å². The Morgan fingerprint density at radius 2 is 1.84 bits per heavy atom. The molecule has 3 aromatic rings. The van der Waals surface area contributed by atoms with Gasteiger partial charge in [0.2, 0.25) is 0 Å². The van der Waals surface area contributed by atoms with Crippen LogP contribution in [0.25, 0.3) is 0 Å². The number of para-hydroxylation sites is 2. The van der Waals surface area contributed by atoms with E-state index in [2.05, 4.69) is 11.9 Å².